The van der Waals surface area contributed by atoms with Crippen LogP contribution < -0.4 is 0 Å². The molecule has 3 heteroatoms. The van der Waals surface area contributed by atoms with E-state index in [1.54, 1.807) is 0 Å². The Balaban J connectivity index is 2.06. The first-order valence-corrected chi connectivity index (χ1v) is 5.58. The van der Waals surface area contributed by atoms with Crippen molar-refractivity contribution in [1.29, 1.82) is 0 Å². The van der Waals surface area contributed by atoms with E-state index in [1.165, 1.54) is 0 Å². The Hall–Kier alpha value is -0.570. The van der Waals surface area contributed by atoms with Gasteiger partial charge in [0.1, 0.15) is 0 Å². The maximum atomic E-state index is 11.8. The van der Waals surface area contributed by atoms with Gasteiger partial charge in [0, 0.05) is 24.4 Å². The maximum absolute atomic E-state index is 11.8. The van der Waals surface area contributed by atoms with Gasteiger partial charge in [0.2, 0.25) is 5.91 Å². The lowest BCUT2D eigenvalue weighted by molar-refractivity contribution is -0.135. The molecule has 80 valence electrons. The van der Waals surface area contributed by atoms with Crippen LogP contribution in [0.3, 0.4) is 0 Å². The van der Waals surface area contributed by atoms with Crippen molar-refractivity contribution in [3.05, 3.63) is 0 Å². The predicted molar refractivity (Wildman–Crippen MR) is 53.7 cm³/mol. The Morgan fingerprint density at radius 1 is 1.43 bits per heavy atom. The molecule has 2 bridgehead atoms. The third-order valence-electron chi connectivity index (χ3n) is 3.56. The smallest absolute Gasteiger partial charge is 0.225 e. The summed E-state index contributed by atoms with van der Waals surface area (Å²) in [5.74, 6) is 0.689. The second-order valence-electron chi connectivity index (χ2n) is 4.94. The number of likely N-dealkylation sites (tertiary alicyclic amines) is 1. The Bertz CT molecular complexity index is 239. The third kappa shape index (κ3) is 1.54. The average molecular weight is 197 g/mol. The largest absolute Gasteiger partial charge is 0.393 e. The van der Waals surface area contributed by atoms with Crippen molar-refractivity contribution in [2.45, 2.75) is 45.3 Å². The molecule has 0 aromatic heterocycles. The first-order chi connectivity index (χ1) is 6.59. The zero-order chi connectivity index (χ0) is 10.3. The quantitative estimate of drug-likeness (QED) is 0.681. The Labute approximate surface area is 85.1 Å². The van der Waals surface area contributed by atoms with E-state index in [0.29, 0.717) is 12.0 Å². The number of hydrogen-bond acceptors (Lipinski definition) is 2. The zero-order valence-corrected chi connectivity index (χ0v) is 8.94. The van der Waals surface area contributed by atoms with E-state index in [-0.39, 0.29) is 17.9 Å². The van der Waals surface area contributed by atoms with Crippen LogP contribution in [-0.4, -0.2) is 34.6 Å². The van der Waals surface area contributed by atoms with Crippen LogP contribution in [0.2, 0.25) is 0 Å². The van der Waals surface area contributed by atoms with Gasteiger partial charge in [0.05, 0.1) is 6.10 Å². The normalized spacial score (nSPS) is 36.6. The van der Waals surface area contributed by atoms with Gasteiger partial charge in [-0.25, -0.2) is 0 Å². The van der Waals surface area contributed by atoms with Crippen molar-refractivity contribution in [3.8, 4) is 0 Å². The fraction of sp³-hybridized carbons (Fsp3) is 0.909. The van der Waals surface area contributed by atoms with Crippen LogP contribution in [0.4, 0.5) is 0 Å². The van der Waals surface area contributed by atoms with E-state index in [0.717, 1.165) is 25.8 Å². The lowest BCUT2D eigenvalue weighted by atomic mass is 9.88. The van der Waals surface area contributed by atoms with Gasteiger partial charge >= 0.3 is 0 Å². The van der Waals surface area contributed by atoms with Crippen molar-refractivity contribution in [2.75, 3.05) is 6.54 Å². The minimum Gasteiger partial charge on any atom is -0.393 e. The molecule has 1 heterocycles. The molecule has 0 spiro atoms. The molecule has 1 aliphatic carbocycles. The van der Waals surface area contributed by atoms with Gasteiger partial charge in [0.25, 0.3) is 0 Å². The molecular weight excluding hydrogens is 178 g/mol. The van der Waals surface area contributed by atoms with E-state index in [2.05, 4.69) is 0 Å². The molecule has 1 saturated carbocycles. The third-order valence-corrected chi connectivity index (χ3v) is 3.56. The van der Waals surface area contributed by atoms with Crippen LogP contribution in [-0.2, 0) is 4.79 Å². The van der Waals surface area contributed by atoms with Gasteiger partial charge in [-0.3, -0.25) is 4.79 Å². The summed E-state index contributed by atoms with van der Waals surface area (Å²) in [4.78, 5) is 13.8. The number of fused-ring (bicyclic) bond motifs is 2. The summed E-state index contributed by atoms with van der Waals surface area (Å²) in [7, 11) is 0. The average Bonchev–Trinajstić information content (AvgIpc) is 2.50. The van der Waals surface area contributed by atoms with Crippen LogP contribution in [0.25, 0.3) is 0 Å². The van der Waals surface area contributed by atoms with Gasteiger partial charge < -0.3 is 10.0 Å². The number of carbonyl (C=O) groups excluding carboxylic acids is 1. The summed E-state index contributed by atoms with van der Waals surface area (Å²) in [6.07, 6.45) is 2.70. The summed E-state index contributed by atoms with van der Waals surface area (Å²) in [5, 5.41) is 9.70. The number of aliphatic hydroxyl groups excluding tert-OH is 1. The Morgan fingerprint density at radius 2 is 2.14 bits per heavy atom. The summed E-state index contributed by atoms with van der Waals surface area (Å²) in [6, 6.07) is 0.415. The van der Waals surface area contributed by atoms with Gasteiger partial charge in [0.15, 0.2) is 0 Å². The summed E-state index contributed by atoms with van der Waals surface area (Å²) in [5.41, 5.74) is 0. The molecule has 1 amide bonds. The maximum Gasteiger partial charge on any atom is 0.225 e. The molecule has 2 rings (SSSR count). The van der Waals surface area contributed by atoms with Crippen LogP contribution in [0, 0.1) is 11.8 Å². The molecule has 3 atom stereocenters. The molecule has 1 N–H and O–H groups in total. The number of carbonyl (C=O) groups is 1. The molecule has 3 unspecified atom stereocenters. The minimum atomic E-state index is -0.170. The summed E-state index contributed by atoms with van der Waals surface area (Å²) >= 11 is 0. The molecule has 1 saturated heterocycles. The highest BCUT2D eigenvalue weighted by atomic mass is 16.3. The lowest BCUT2D eigenvalue weighted by Crippen LogP contribution is -2.37. The Morgan fingerprint density at radius 3 is 2.71 bits per heavy atom. The zero-order valence-electron chi connectivity index (χ0n) is 8.94. The first kappa shape index (κ1) is 9.97. The van der Waals surface area contributed by atoms with Crippen molar-refractivity contribution in [1.82, 2.24) is 4.90 Å². The van der Waals surface area contributed by atoms with Gasteiger partial charge in [-0.1, -0.05) is 13.8 Å². The van der Waals surface area contributed by atoms with E-state index in [1.807, 2.05) is 18.7 Å². The first-order valence-electron chi connectivity index (χ1n) is 5.58. The molecule has 3 nitrogen and oxygen atoms in total. The summed E-state index contributed by atoms with van der Waals surface area (Å²) < 4.78 is 0. The SMILES string of the molecule is CC(C)C(=O)N1CC2CC1CCC2O. The fourth-order valence-electron chi connectivity index (χ4n) is 2.71. The van der Waals surface area contributed by atoms with Crippen molar-refractivity contribution in [3.63, 3.8) is 0 Å². The molecule has 0 radical (unpaired) electrons. The fourth-order valence-corrected chi connectivity index (χ4v) is 2.71. The van der Waals surface area contributed by atoms with Crippen LogP contribution >= 0.6 is 0 Å². The second kappa shape index (κ2) is 3.54. The monoisotopic (exact) mass is 197 g/mol. The van der Waals surface area contributed by atoms with Gasteiger partial charge in [-0.05, 0) is 19.3 Å². The molecule has 2 fully saturated rings. The molecule has 2 aliphatic rings. The minimum absolute atomic E-state index is 0.0893. The molecule has 0 aromatic carbocycles. The summed E-state index contributed by atoms with van der Waals surface area (Å²) in [6.45, 7) is 4.67. The molecular formula is C11H19NO2. The standard InChI is InChI=1S/C11H19NO2/c1-7(2)11(14)12-6-8-5-9(12)3-4-10(8)13/h7-10,13H,3-6H2,1-2H3. The number of rotatable bonds is 1. The molecule has 1 aliphatic heterocycles. The topological polar surface area (TPSA) is 40.5 Å². The van der Waals surface area contributed by atoms with Gasteiger partial charge in [-0.2, -0.15) is 0 Å². The highest BCUT2D eigenvalue weighted by molar-refractivity contribution is 5.78. The van der Waals surface area contributed by atoms with E-state index < -0.39 is 0 Å². The number of amides is 1. The van der Waals surface area contributed by atoms with Crippen molar-refractivity contribution >= 4 is 5.91 Å². The van der Waals surface area contributed by atoms with E-state index in [9.17, 15) is 9.90 Å². The highest BCUT2D eigenvalue weighted by Crippen LogP contribution is 2.36. The van der Waals surface area contributed by atoms with Crippen molar-refractivity contribution in [2.24, 2.45) is 11.8 Å². The molecule has 14 heavy (non-hydrogen) atoms. The second-order valence-corrected chi connectivity index (χ2v) is 4.94. The lowest BCUT2D eigenvalue weighted by Gasteiger charge is -2.27. The Kier molecular flexibility index (Phi) is 2.52. The number of aliphatic hydroxyl groups is 1. The van der Waals surface area contributed by atoms with Crippen LogP contribution in [0.1, 0.15) is 33.1 Å². The highest BCUT2D eigenvalue weighted by Gasteiger charge is 2.42. The molecule has 0 aromatic rings. The number of nitrogens with zero attached hydrogens (tertiary/aromatic N) is 1. The van der Waals surface area contributed by atoms with Crippen LogP contribution in [0.5, 0.6) is 0 Å². The number of hydrogen-bond donors (Lipinski definition) is 1. The van der Waals surface area contributed by atoms with Gasteiger partial charge in [-0.15, -0.1) is 0 Å². The van der Waals surface area contributed by atoms with Crippen molar-refractivity contribution < 1.29 is 9.90 Å². The van der Waals surface area contributed by atoms with E-state index >= 15 is 0 Å². The van der Waals surface area contributed by atoms with Crippen LogP contribution in [0.15, 0.2) is 0 Å². The predicted octanol–water partition coefficient (Wildman–Crippen LogP) is 1.01. The van der Waals surface area contributed by atoms with E-state index in [4.69, 9.17) is 0 Å².